The Morgan fingerprint density at radius 2 is 2.11 bits per heavy atom. The van der Waals surface area contributed by atoms with Gasteiger partial charge in [0.1, 0.15) is 0 Å². The third-order valence-electron chi connectivity index (χ3n) is 2.87. The summed E-state index contributed by atoms with van der Waals surface area (Å²) in [5, 5.41) is 14.9. The Morgan fingerprint density at radius 1 is 1.44 bits per heavy atom. The minimum atomic E-state index is -0.325. The summed E-state index contributed by atoms with van der Waals surface area (Å²) in [6, 6.07) is 4.99. The van der Waals surface area contributed by atoms with Crippen LogP contribution in [0.15, 0.2) is 18.2 Å². The van der Waals surface area contributed by atoms with E-state index >= 15 is 0 Å². The van der Waals surface area contributed by atoms with Gasteiger partial charge in [0, 0.05) is 12.6 Å². The summed E-state index contributed by atoms with van der Waals surface area (Å²) in [7, 11) is 0. The van der Waals surface area contributed by atoms with Crippen molar-refractivity contribution in [3.05, 3.63) is 28.8 Å². The van der Waals surface area contributed by atoms with Crippen LogP contribution < -0.4 is 10.6 Å². The average Bonchev–Trinajstić information content (AvgIpc) is 2.31. The summed E-state index contributed by atoms with van der Waals surface area (Å²) in [6.07, 6.45) is 0. The van der Waals surface area contributed by atoms with Crippen LogP contribution in [0.5, 0.6) is 0 Å². The summed E-state index contributed by atoms with van der Waals surface area (Å²) in [5.74, 6) is 0.00393. The number of aryl methyl sites for hydroxylation is 1. The highest BCUT2D eigenvalue weighted by atomic mass is 35.5. The average molecular weight is 271 g/mol. The van der Waals surface area contributed by atoms with Crippen LogP contribution in [0.4, 0.5) is 10.5 Å². The maximum atomic E-state index is 11.7. The first-order valence-electron chi connectivity index (χ1n) is 5.88. The molecule has 1 rings (SSSR count). The predicted molar refractivity (Wildman–Crippen MR) is 74.1 cm³/mol. The Bertz CT molecular complexity index is 423. The fourth-order valence-corrected chi connectivity index (χ4v) is 1.67. The molecule has 0 saturated heterocycles. The molecule has 2 atom stereocenters. The van der Waals surface area contributed by atoms with E-state index in [0.717, 1.165) is 5.56 Å². The molecule has 100 valence electrons. The SMILES string of the molecule is Cc1ccc(NC(=O)NC(C)C(C)CO)c(Cl)c1. The molecule has 5 heteroatoms. The fourth-order valence-electron chi connectivity index (χ4n) is 1.39. The van der Waals surface area contributed by atoms with Gasteiger partial charge >= 0.3 is 6.03 Å². The van der Waals surface area contributed by atoms with Crippen LogP contribution in [-0.2, 0) is 0 Å². The molecule has 0 heterocycles. The topological polar surface area (TPSA) is 61.4 Å². The maximum Gasteiger partial charge on any atom is 0.319 e. The number of rotatable bonds is 4. The Morgan fingerprint density at radius 3 is 2.67 bits per heavy atom. The molecule has 0 saturated carbocycles. The van der Waals surface area contributed by atoms with Crippen LogP contribution in [-0.4, -0.2) is 23.8 Å². The number of aliphatic hydroxyl groups excluding tert-OH is 1. The third-order valence-corrected chi connectivity index (χ3v) is 3.19. The van der Waals surface area contributed by atoms with Gasteiger partial charge in [-0.1, -0.05) is 24.6 Å². The van der Waals surface area contributed by atoms with Crippen LogP contribution in [0.2, 0.25) is 5.02 Å². The molecule has 18 heavy (non-hydrogen) atoms. The lowest BCUT2D eigenvalue weighted by Crippen LogP contribution is -2.40. The van der Waals surface area contributed by atoms with Crippen molar-refractivity contribution in [3.8, 4) is 0 Å². The van der Waals surface area contributed by atoms with Crippen molar-refractivity contribution in [1.82, 2.24) is 5.32 Å². The minimum absolute atomic E-state index is 0.00393. The third kappa shape index (κ3) is 4.20. The van der Waals surface area contributed by atoms with Gasteiger partial charge in [0.05, 0.1) is 10.7 Å². The zero-order valence-corrected chi connectivity index (χ0v) is 11.6. The normalized spacial score (nSPS) is 13.8. The summed E-state index contributed by atoms with van der Waals surface area (Å²) in [4.78, 5) is 11.7. The number of carbonyl (C=O) groups excluding carboxylic acids is 1. The van der Waals surface area contributed by atoms with Gasteiger partial charge < -0.3 is 15.7 Å². The van der Waals surface area contributed by atoms with Crippen molar-refractivity contribution in [2.75, 3.05) is 11.9 Å². The van der Waals surface area contributed by atoms with E-state index < -0.39 is 0 Å². The molecule has 4 nitrogen and oxygen atoms in total. The minimum Gasteiger partial charge on any atom is -0.396 e. The van der Waals surface area contributed by atoms with Crippen LogP contribution in [0, 0.1) is 12.8 Å². The van der Waals surface area contributed by atoms with Gasteiger partial charge in [0.25, 0.3) is 0 Å². The Balaban J connectivity index is 2.59. The number of benzene rings is 1. The summed E-state index contributed by atoms with van der Waals surface area (Å²) < 4.78 is 0. The van der Waals surface area contributed by atoms with Gasteiger partial charge in [-0.3, -0.25) is 0 Å². The second-order valence-electron chi connectivity index (χ2n) is 4.53. The molecule has 0 aromatic heterocycles. The first-order valence-corrected chi connectivity index (χ1v) is 6.26. The molecular formula is C13H19ClN2O2. The van der Waals surface area contributed by atoms with E-state index in [0.29, 0.717) is 10.7 Å². The van der Waals surface area contributed by atoms with Gasteiger partial charge in [-0.25, -0.2) is 4.79 Å². The second-order valence-corrected chi connectivity index (χ2v) is 4.94. The van der Waals surface area contributed by atoms with Crippen LogP contribution >= 0.6 is 11.6 Å². The highest BCUT2D eigenvalue weighted by Gasteiger charge is 2.14. The number of amides is 2. The molecule has 1 aromatic rings. The molecule has 2 amide bonds. The van der Waals surface area contributed by atoms with Gasteiger partial charge in [-0.2, -0.15) is 0 Å². The van der Waals surface area contributed by atoms with E-state index in [1.807, 2.05) is 26.8 Å². The number of anilines is 1. The molecule has 0 aliphatic rings. The Hall–Kier alpha value is -1.26. The first kappa shape index (κ1) is 14.8. The maximum absolute atomic E-state index is 11.7. The van der Waals surface area contributed by atoms with Crippen LogP contribution in [0.25, 0.3) is 0 Å². The van der Waals surface area contributed by atoms with E-state index in [-0.39, 0.29) is 24.6 Å². The number of hydrogen-bond acceptors (Lipinski definition) is 2. The lowest BCUT2D eigenvalue weighted by atomic mass is 10.1. The van der Waals surface area contributed by atoms with E-state index in [2.05, 4.69) is 10.6 Å². The molecule has 0 spiro atoms. The van der Waals surface area contributed by atoms with Gasteiger partial charge in [0.15, 0.2) is 0 Å². The lowest BCUT2D eigenvalue weighted by Gasteiger charge is -2.19. The van der Waals surface area contributed by atoms with Crippen molar-refractivity contribution >= 4 is 23.3 Å². The molecule has 0 radical (unpaired) electrons. The molecule has 2 unspecified atom stereocenters. The molecular weight excluding hydrogens is 252 g/mol. The highest BCUT2D eigenvalue weighted by molar-refractivity contribution is 6.33. The molecule has 0 bridgehead atoms. The highest BCUT2D eigenvalue weighted by Crippen LogP contribution is 2.22. The van der Waals surface area contributed by atoms with Crippen molar-refractivity contribution in [2.45, 2.75) is 26.8 Å². The standard InChI is InChI=1S/C13H19ClN2O2/c1-8-4-5-12(11(14)6-8)16-13(18)15-10(3)9(2)7-17/h4-6,9-10,17H,7H2,1-3H3,(H2,15,16,18). The number of urea groups is 1. The molecule has 0 fully saturated rings. The summed E-state index contributed by atoms with van der Waals surface area (Å²) in [5.41, 5.74) is 1.61. The van der Waals surface area contributed by atoms with Crippen LogP contribution in [0.1, 0.15) is 19.4 Å². The number of nitrogens with one attached hydrogen (secondary N) is 2. The number of carbonyl (C=O) groups is 1. The predicted octanol–water partition coefficient (Wildman–Crippen LogP) is 2.79. The van der Waals surface area contributed by atoms with Gasteiger partial charge in [-0.15, -0.1) is 0 Å². The largest absolute Gasteiger partial charge is 0.396 e. The van der Waals surface area contributed by atoms with Crippen molar-refractivity contribution in [3.63, 3.8) is 0 Å². The Kier molecular flexibility index (Phi) is 5.44. The quantitative estimate of drug-likeness (QED) is 0.788. The molecule has 0 aliphatic carbocycles. The monoisotopic (exact) mass is 270 g/mol. The number of halogens is 1. The van der Waals surface area contributed by atoms with Crippen LogP contribution in [0.3, 0.4) is 0 Å². The molecule has 0 aliphatic heterocycles. The fraction of sp³-hybridized carbons (Fsp3) is 0.462. The first-order chi connectivity index (χ1) is 8.43. The summed E-state index contributed by atoms with van der Waals surface area (Å²) >= 11 is 6.02. The van der Waals surface area contributed by atoms with E-state index in [1.54, 1.807) is 12.1 Å². The van der Waals surface area contributed by atoms with E-state index in [1.165, 1.54) is 0 Å². The zero-order chi connectivity index (χ0) is 13.7. The number of hydrogen-bond donors (Lipinski definition) is 3. The second kappa shape index (κ2) is 6.61. The molecule has 1 aromatic carbocycles. The van der Waals surface area contributed by atoms with Crippen molar-refractivity contribution < 1.29 is 9.90 Å². The van der Waals surface area contributed by atoms with E-state index in [9.17, 15) is 4.79 Å². The van der Waals surface area contributed by atoms with E-state index in [4.69, 9.17) is 16.7 Å². The number of aliphatic hydroxyl groups is 1. The Labute approximate surface area is 112 Å². The van der Waals surface area contributed by atoms with Crippen molar-refractivity contribution in [1.29, 1.82) is 0 Å². The summed E-state index contributed by atoms with van der Waals surface area (Å²) in [6.45, 7) is 5.68. The van der Waals surface area contributed by atoms with Gasteiger partial charge in [0.2, 0.25) is 0 Å². The molecule has 3 N–H and O–H groups in total. The zero-order valence-electron chi connectivity index (χ0n) is 10.8. The lowest BCUT2D eigenvalue weighted by molar-refractivity contribution is 0.204. The van der Waals surface area contributed by atoms with Crippen molar-refractivity contribution in [2.24, 2.45) is 5.92 Å². The van der Waals surface area contributed by atoms with Gasteiger partial charge in [-0.05, 0) is 37.5 Å². The smallest absolute Gasteiger partial charge is 0.319 e.